The lowest BCUT2D eigenvalue weighted by Gasteiger charge is -2.09. The molecule has 1 unspecified atom stereocenters. The molecule has 1 aromatic carbocycles. The lowest BCUT2D eigenvalue weighted by atomic mass is 10.2. The Morgan fingerprint density at radius 3 is 2.25 bits per heavy atom. The highest BCUT2D eigenvalue weighted by molar-refractivity contribution is 8.13. The maximum absolute atomic E-state index is 13.8. The van der Waals surface area contributed by atoms with Gasteiger partial charge in [-0.1, -0.05) is 13.8 Å². The molecule has 1 aliphatic rings. The van der Waals surface area contributed by atoms with Crippen LogP contribution < -0.4 is 4.72 Å². The normalized spacial score (nSPS) is 21.7. The number of hydrogen-bond donors (Lipinski definition) is 1. The molecule has 0 aromatic heterocycles. The van der Waals surface area contributed by atoms with E-state index in [-0.39, 0.29) is 11.5 Å². The van der Waals surface area contributed by atoms with Crippen molar-refractivity contribution < 1.29 is 21.2 Å². The second-order valence-corrected chi connectivity index (χ2v) is 9.64. The van der Waals surface area contributed by atoms with E-state index >= 15 is 0 Å². The molecular formula is C11H13ClFNO4S2. The first kappa shape index (κ1) is 15.7. The van der Waals surface area contributed by atoms with Gasteiger partial charge < -0.3 is 0 Å². The third kappa shape index (κ3) is 3.13. The van der Waals surface area contributed by atoms with Crippen LogP contribution in [0.15, 0.2) is 28.0 Å². The van der Waals surface area contributed by atoms with Crippen LogP contribution in [-0.2, 0) is 19.1 Å². The molecular weight excluding hydrogens is 329 g/mol. The molecule has 1 aliphatic carbocycles. The summed E-state index contributed by atoms with van der Waals surface area (Å²) in [5, 5.41) is 0. The Kier molecular flexibility index (Phi) is 3.65. The molecule has 0 amide bonds. The van der Waals surface area contributed by atoms with E-state index in [0.717, 1.165) is 12.1 Å². The highest BCUT2D eigenvalue weighted by atomic mass is 35.7. The van der Waals surface area contributed by atoms with Crippen LogP contribution in [0.3, 0.4) is 0 Å². The maximum Gasteiger partial charge on any atom is 0.261 e. The standard InChI is InChI=1S/C11H13ClFNO4S2/c1-11(2)6-10(11)14-20(17,18)9-4-3-7(5-8(9)13)19(12,15)16/h3-5,10,14H,6H2,1-2H3. The molecule has 2 rings (SSSR count). The first-order valence-corrected chi connectivity index (χ1v) is 9.49. The highest BCUT2D eigenvalue weighted by Crippen LogP contribution is 2.45. The van der Waals surface area contributed by atoms with E-state index in [1.54, 1.807) is 0 Å². The summed E-state index contributed by atoms with van der Waals surface area (Å²) >= 11 is 0. The van der Waals surface area contributed by atoms with Gasteiger partial charge in [-0.3, -0.25) is 0 Å². The van der Waals surface area contributed by atoms with E-state index in [9.17, 15) is 21.2 Å². The summed E-state index contributed by atoms with van der Waals surface area (Å²) in [6.07, 6.45) is 0.669. The smallest absolute Gasteiger partial charge is 0.207 e. The predicted molar refractivity (Wildman–Crippen MR) is 71.9 cm³/mol. The van der Waals surface area contributed by atoms with E-state index < -0.39 is 34.7 Å². The molecule has 1 atom stereocenters. The summed E-state index contributed by atoms with van der Waals surface area (Å²) in [6, 6.07) is 2.19. The van der Waals surface area contributed by atoms with Crippen LogP contribution in [0.1, 0.15) is 20.3 Å². The van der Waals surface area contributed by atoms with Crippen molar-refractivity contribution in [2.75, 3.05) is 0 Å². The number of rotatable bonds is 4. The van der Waals surface area contributed by atoms with Crippen LogP contribution in [0.25, 0.3) is 0 Å². The monoisotopic (exact) mass is 341 g/mol. The summed E-state index contributed by atoms with van der Waals surface area (Å²) in [5.74, 6) is -1.15. The van der Waals surface area contributed by atoms with Gasteiger partial charge in [0.1, 0.15) is 10.7 Å². The molecule has 0 saturated heterocycles. The maximum atomic E-state index is 13.8. The van der Waals surface area contributed by atoms with Crippen LogP contribution in [0.2, 0.25) is 0 Å². The lowest BCUT2D eigenvalue weighted by Crippen LogP contribution is -2.29. The van der Waals surface area contributed by atoms with Gasteiger partial charge in [-0.2, -0.15) is 0 Å². The van der Waals surface area contributed by atoms with E-state index in [2.05, 4.69) is 4.72 Å². The average molecular weight is 342 g/mol. The second kappa shape index (κ2) is 4.66. The van der Waals surface area contributed by atoms with Crippen LogP contribution in [0.5, 0.6) is 0 Å². The summed E-state index contributed by atoms with van der Waals surface area (Å²) in [5.41, 5.74) is -0.150. The Labute approximate surface area is 121 Å². The number of sulfonamides is 1. The van der Waals surface area contributed by atoms with Crippen molar-refractivity contribution in [3.05, 3.63) is 24.0 Å². The third-order valence-electron chi connectivity index (χ3n) is 3.29. The summed E-state index contributed by atoms with van der Waals surface area (Å²) in [4.78, 5) is -1.08. The first-order chi connectivity index (χ1) is 8.93. The van der Waals surface area contributed by atoms with Crippen LogP contribution >= 0.6 is 10.7 Å². The van der Waals surface area contributed by atoms with E-state index in [0.29, 0.717) is 12.5 Å². The molecule has 5 nitrogen and oxygen atoms in total. The number of nitrogens with one attached hydrogen (secondary N) is 1. The SMILES string of the molecule is CC1(C)CC1NS(=O)(=O)c1ccc(S(=O)(=O)Cl)cc1F. The van der Waals surface area contributed by atoms with Crippen molar-refractivity contribution >= 4 is 29.8 Å². The topological polar surface area (TPSA) is 80.3 Å². The molecule has 0 heterocycles. The van der Waals surface area contributed by atoms with Crippen molar-refractivity contribution in [2.45, 2.75) is 36.1 Å². The summed E-state index contributed by atoms with van der Waals surface area (Å²) in [7, 11) is -3.05. The van der Waals surface area contributed by atoms with Gasteiger partial charge in [0.25, 0.3) is 9.05 Å². The molecule has 112 valence electrons. The van der Waals surface area contributed by atoms with E-state index in [1.165, 1.54) is 0 Å². The zero-order chi connectivity index (χ0) is 15.3. The number of halogens is 2. The summed E-state index contributed by atoms with van der Waals surface area (Å²) < 4.78 is 62.3. The van der Waals surface area contributed by atoms with Crippen LogP contribution in [0, 0.1) is 11.2 Å². The molecule has 0 bridgehead atoms. The Hall–Kier alpha value is -0.700. The van der Waals surface area contributed by atoms with Crippen molar-refractivity contribution in [1.29, 1.82) is 0 Å². The Morgan fingerprint density at radius 2 is 1.85 bits per heavy atom. The van der Waals surface area contributed by atoms with Gasteiger partial charge in [0.15, 0.2) is 0 Å². The second-order valence-electron chi connectivity index (χ2n) is 5.40. The fourth-order valence-corrected chi connectivity index (χ4v) is 4.00. The molecule has 20 heavy (non-hydrogen) atoms. The van der Waals surface area contributed by atoms with Crippen molar-refractivity contribution in [3.63, 3.8) is 0 Å². The highest BCUT2D eigenvalue weighted by Gasteiger charge is 2.48. The molecule has 1 saturated carbocycles. The zero-order valence-electron chi connectivity index (χ0n) is 10.7. The quantitative estimate of drug-likeness (QED) is 0.847. The van der Waals surface area contributed by atoms with E-state index in [4.69, 9.17) is 10.7 Å². The molecule has 0 spiro atoms. The van der Waals surface area contributed by atoms with Crippen LogP contribution in [0.4, 0.5) is 4.39 Å². The van der Waals surface area contributed by atoms with Crippen molar-refractivity contribution in [3.8, 4) is 0 Å². The van der Waals surface area contributed by atoms with E-state index in [1.807, 2.05) is 13.8 Å². The van der Waals surface area contributed by atoms with Gasteiger partial charge in [-0.05, 0) is 30.0 Å². The lowest BCUT2D eigenvalue weighted by molar-refractivity contribution is 0.539. The Morgan fingerprint density at radius 1 is 1.30 bits per heavy atom. The molecule has 1 N–H and O–H groups in total. The minimum absolute atomic E-state index is 0.150. The molecule has 0 aliphatic heterocycles. The first-order valence-electron chi connectivity index (χ1n) is 5.70. The minimum Gasteiger partial charge on any atom is -0.207 e. The van der Waals surface area contributed by atoms with Crippen molar-refractivity contribution in [1.82, 2.24) is 4.72 Å². The van der Waals surface area contributed by atoms with Gasteiger partial charge in [0, 0.05) is 16.7 Å². The molecule has 9 heteroatoms. The zero-order valence-corrected chi connectivity index (χ0v) is 13.1. The van der Waals surface area contributed by atoms with Gasteiger partial charge >= 0.3 is 0 Å². The molecule has 1 aromatic rings. The molecule has 0 radical (unpaired) electrons. The Bertz CT molecular complexity index is 759. The Balaban J connectivity index is 2.34. The van der Waals surface area contributed by atoms with Gasteiger partial charge in [0.2, 0.25) is 10.0 Å². The van der Waals surface area contributed by atoms with Gasteiger partial charge in [-0.25, -0.2) is 25.9 Å². The largest absolute Gasteiger partial charge is 0.261 e. The number of benzene rings is 1. The fourth-order valence-electron chi connectivity index (χ4n) is 1.77. The average Bonchev–Trinajstić information content (AvgIpc) is 2.82. The number of hydrogen-bond acceptors (Lipinski definition) is 4. The van der Waals surface area contributed by atoms with Gasteiger partial charge in [0.05, 0.1) is 4.90 Å². The predicted octanol–water partition coefficient (Wildman–Crippen LogP) is 1.83. The van der Waals surface area contributed by atoms with Crippen LogP contribution in [-0.4, -0.2) is 22.9 Å². The minimum atomic E-state index is -4.10. The summed E-state index contributed by atoms with van der Waals surface area (Å²) in [6.45, 7) is 3.78. The fraction of sp³-hybridized carbons (Fsp3) is 0.455. The van der Waals surface area contributed by atoms with Gasteiger partial charge in [-0.15, -0.1) is 0 Å². The molecule has 1 fully saturated rings. The van der Waals surface area contributed by atoms with Crippen molar-refractivity contribution in [2.24, 2.45) is 5.41 Å². The third-order valence-corrected chi connectivity index (χ3v) is 6.14.